The Balaban J connectivity index is 3.29. The maximum atomic E-state index is 9.58. The highest BCUT2D eigenvalue weighted by Crippen LogP contribution is 2.28. The lowest BCUT2D eigenvalue weighted by Crippen LogP contribution is -2.02. The van der Waals surface area contributed by atoms with Crippen molar-refractivity contribution in [3.63, 3.8) is 0 Å². The van der Waals surface area contributed by atoms with Crippen LogP contribution in [0.1, 0.15) is 18.9 Å². The number of phenolic OH excluding ortho intramolecular Hbond substituents is 1. The summed E-state index contributed by atoms with van der Waals surface area (Å²) >= 11 is 0. The quantitative estimate of drug-likeness (QED) is 0.440. The van der Waals surface area contributed by atoms with Gasteiger partial charge in [-0.05, 0) is 18.6 Å². The number of hydrogen-bond donors (Lipinski definition) is 2. The van der Waals surface area contributed by atoms with E-state index >= 15 is 0 Å². The molecule has 0 aliphatic rings. The molecule has 0 saturated carbocycles. The zero-order valence-corrected chi connectivity index (χ0v) is 8.19. The number of oxime groups is 1. The molecule has 0 spiro atoms. The number of nitrogens with zero attached hydrogens (tertiary/aromatic N) is 1. The van der Waals surface area contributed by atoms with Gasteiger partial charge in [0.05, 0.1) is 18.4 Å². The summed E-state index contributed by atoms with van der Waals surface area (Å²) in [4.78, 5) is 0. The Kier molecular flexibility index (Phi) is 3.34. The van der Waals surface area contributed by atoms with Crippen LogP contribution in [0, 0.1) is 0 Å². The van der Waals surface area contributed by atoms with E-state index in [1.807, 2.05) is 6.92 Å². The van der Waals surface area contributed by atoms with Crippen molar-refractivity contribution in [1.82, 2.24) is 0 Å². The fourth-order valence-electron chi connectivity index (χ4n) is 1.28. The lowest BCUT2D eigenvalue weighted by molar-refractivity contribution is 0.317. The van der Waals surface area contributed by atoms with E-state index in [-0.39, 0.29) is 5.75 Å². The van der Waals surface area contributed by atoms with Gasteiger partial charge < -0.3 is 15.1 Å². The number of rotatable bonds is 3. The molecule has 1 aromatic carbocycles. The van der Waals surface area contributed by atoms with Crippen molar-refractivity contribution < 1.29 is 15.1 Å². The van der Waals surface area contributed by atoms with Gasteiger partial charge in [-0.15, -0.1) is 0 Å². The number of hydrogen-bond acceptors (Lipinski definition) is 4. The summed E-state index contributed by atoms with van der Waals surface area (Å²) in [5.41, 5.74) is 0.847. The van der Waals surface area contributed by atoms with Crippen molar-refractivity contribution in [1.29, 1.82) is 0 Å². The molecule has 0 atom stereocenters. The number of aromatic hydroxyl groups is 1. The highest BCUT2D eigenvalue weighted by Gasteiger charge is 2.13. The molecule has 0 aromatic heterocycles. The van der Waals surface area contributed by atoms with Gasteiger partial charge >= 0.3 is 0 Å². The van der Waals surface area contributed by atoms with Crippen LogP contribution in [-0.2, 0) is 0 Å². The molecule has 2 N–H and O–H groups in total. The highest BCUT2D eigenvalue weighted by molar-refractivity contribution is 6.04. The van der Waals surface area contributed by atoms with E-state index in [9.17, 15) is 5.11 Å². The molecule has 0 fully saturated rings. The van der Waals surface area contributed by atoms with Gasteiger partial charge in [-0.2, -0.15) is 0 Å². The molecule has 14 heavy (non-hydrogen) atoms. The minimum absolute atomic E-state index is 0.0546. The summed E-state index contributed by atoms with van der Waals surface area (Å²) in [7, 11) is 1.50. The van der Waals surface area contributed by atoms with E-state index in [0.29, 0.717) is 23.4 Å². The first-order valence-electron chi connectivity index (χ1n) is 4.31. The van der Waals surface area contributed by atoms with Crippen LogP contribution in [0.5, 0.6) is 11.5 Å². The number of benzene rings is 1. The molecule has 1 rings (SSSR count). The van der Waals surface area contributed by atoms with Gasteiger partial charge in [-0.3, -0.25) is 0 Å². The maximum Gasteiger partial charge on any atom is 0.131 e. The second-order valence-electron chi connectivity index (χ2n) is 2.75. The largest absolute Gasteiger partial charge is 0.507 e. The number of ether oxygens (including phenoxy) is 1. The minimum atomic E-state index is 0.0546. The second kappa shape index (κ2) is 4.50. The lowest BCUT2D eigenvalue weighted by Gasteiger charge is -2.09. The van der Waals surface area contributed by atoms with Crippen LogP contribution >= 0.6 is 0 Å². The molecule has 0 amide bonds. The van der Waals surface area contributed by atoms with Crippen molar-refractivity contribution in [2.75, 3.05) is 7.11 Å². The molecule has 76 valence electrons. The first-order valence-corrected chi connectivity index (χ1v) is 4.31. The SMILES string of the molecule is CC/C(=N/O)c1c(O)cccc1OC. The van der Waals surface area contributed by atoms with E-state index < -0.39 is 0 Å². The Morgan fingerprint density at radius 2 is 2.21 bits per heavy atom. The first-order chi connectivity index (χ1) is 6.74. The van der Waals surface area contributed by atoms with Gasteiger partial charge in [0.2, 0.25) is 0 Å². The van der Waals surface area contributed by atoms with Crippen LogP contribution < -0.4 is 4.74 Å². The summed E-state index contributed by atoms with van der Waals surface area (Å²) in [5, 5.41) is 21.5. The van der Waals surface area contributed by atoms with Crippen LogP contribution in [0.4, 0.5) is 0 Å². The Bertz CT molecular complexity index is 347. The van der Waals surface area contributed by atoms with Crippen LogP contribution in [0.3, 0.4) is 0 Å². The van der Waals surface area contributed by atoms with Gasteiger partial charge in [0.25, 0.3) is 0 Å². The highest BCUT2D eigenvalue weighted by atomic mass is 16.5. The topological polar surface area (TPSA) is 62.1 Å². The van der Waals surface area contributed by atoms with Gasteiger partial charge in [0.15, 0.2) is 0 Å². The van der Waals surface area contributed by atoms with E-state index in [2.05, 4.69) is 5.16 Å². The smallest absolute Gasteiger partial charge is 0.131 e. The monoisotopic (exact) mass is 195 g/mol. The Morgan fingerprint density at radius 1 is 1.50 bits per heavy atom. The van der Waals surface area contributed by atoms with Crippen LogP contribution in [0.2, 0.25) is 0 Å². The van der Waals surface area contributed by atoms with Gasteiger partial charge in [-0.25, -0.2) is 0 Å². The summed E-state index contributed by atoms with van der Waals surface area (Å²) in [6, 6.07) is 4.90. The molecule has 0 unspecified atom stereocenters. The molecule has 0 radical (unpaired) electrons. The fraction of sp³-hybridized carbons (Fsp3) is 0.300. The van der Waals surface area contributed by atoms with E-state index in [1.54, 1.807) is 12.1 Å². The number of methoxy groups -OCH3 is 1. The van der Waals surface area contributed by atoms with Crippen molar-refractivity contribution in [2.24, 2.45) is 5.16 Å². The fourth-order valence-corrected chi connectivity index (χ4v) is 1.28. The maximum absolute atomic E-state index is 9.58. The van der Waals surface area contributed by atoms with Crippen molar-refractivity contribution in [3.8, 4) is 11.5 Å². The third-order valence-electron chi connectivity index (χ3n) is 1.97. The minimum Gasteiger partial charge on any atom is -0.507 e. The van der Waals surface area contributed by atoms with Crippen molar-refractivity contribution in [2.45, 2.75) is 13.3 Å². The molecule has 0 saturated heterocycles. The summed E-state index contributed by atoms with van der Waals surface area (Å²) in [5.74, 6) is 0.554. The van der Waals surface area contributed by atoms with Crippen molar-refractivity contribution >= 4 is 5.71 Å². The zero-order valence-electron chi connectivity index (χ0n) is 8.19. The summed E-state index contributed by atoms with van der Waals surface area (Å²) < 4.78 is 5.06. The molecular weight excluding hydrogens is 182 g/mol. The van der Waals surface area contributed by atoms with Gasteiger partial charge in [0.1, 0.15) is 11.5 Å². The molecule has 0 bridgehead atoms. The molecule has 4 heteroatoms. The predicted octanol–water partition coefficient (Wildman–Crippen LogP) is 1.99. The molecular formula is C10H13NO3. The zero-order chi connectivity index (χ0) is 10.6. The first kappa shape index (κ1) is 10.4. The predicted molar refractivity (Wildman–Crippen MR) is 53.3 cm³/mol. The average molecular weight is 195 g/mol. The van der Waals surface area contributed by atoms with E-state index in [1.165, 1.54) is 13.2 Å². The Morgan fingerprint density at radius 3 is 2.71 bits per heavy atom. The van der Waals surface area contributed by atoms with Crippen LogP contribution in [-0.4, -0.2) is 23.1 Å². The van der Waals surface area contributed by atoms with Crippen molar-refractivity contribution in [3.05, 3.63) is 23.8 Å². The Hall–Kier alpha value is -1.71. The summed E-state index contributed by atoms with van der Waals surface area (Å²) in [6.07, 6.45) is 0.518. The number of phenols is 1. The van der Waals surface area contributed by atoms with Gasteiger partial charge in [-0.1, -0.05) is 18.1 Å². The van der Waals surface area contributed by atoms with Crippen LogP contribution in [0.25, 0.3) is 0 Å². The molecule has 1 aromatic rings. The summed E-state index contributed by atoms with van der Waals surface area (Å²) in [6.45, 7) is 1.83. The Labute approximate surface area is 82.4 Å². The molecule has 0 aliphatic heterocycles. The van der Waals surface area contributed by atoms with Gasteiger partial charge in [0, 0.05) is 0 Å². The van der Waals surface area contributed by atoms with Crippen LogP contribution in [0.15, 0.2) is 23.4 Å². The normalized spacial score (nSPS) is 11.4. The van der Waals surface area contributed by atoms with E-state index in [0.717, 1.165) is 0 Å². The third-order valence-corrected chi connectivity index (χ3v) is 1.97. The van der Waals surface area contributed by atoms with E-state index in [4.69, 9.17) is 9.94 Å². The lowest BCUT2D eigenvalue weighted by atomic mass is 10.1. The standard InChI is InChI=1S/C10H13NO3/c1-3-7(11-13)10-8(12)5-4-6-9(10)14-2/h4-6,12-13H,3H2,1-2H3/b11-7-. The molecule has 0 heterocycles. The second-order valence-corrected chi connectivity index (χ2v) is 2.75. The molecule has 4 nitrogen and oxygen atoms in total. The third kappa shape index (κ3) is 1.79. The molecule has 0 aliphatic carbocycles. The average Bonchev–Trinajstić information content (AvgIpc) is 2.22.